The molecule has 1 amide bonds. The number of ether oxygens (including phenoxy) is 2. The van der Waals surface area contributed by atoms with Crippen molar-refractivity contribution < 1.29 is 27.5 Å². The third-order valence-electron chi connectivity index (χ3n) is 3.66. The molecule has 1 aliphatic rings. The van der Waals surface area contributed by atoms with E-state index >= 15 is 0 Å². The zero-order valence-electron chi connectivity index (χ0n) is 13.6. The van der Waals surface area contributed by atoms with Gasteiger partial charge in [0.25, 0.3) is 5.91 Å². The van der Waals surface area contributed by atoms with Crippen molar-refractivity contribution in [2.75, 3.05) is 24.7 Å². The van der Waals surface area contributed by atoms with Crippen LogP contribution in [0.1, 0.15) is 18.9 Å². The molecule has 134 valence electrons. The topological polar surface area (TPSA) is 123 Å². The Morgan fingerprint density at radius 3 is 2.68 bits per heavy atom. The van der Waals surface area contributed by atoms with Gasteiger partial charge in [0.05, 0.1) is 22.6 Å². The number of hydrogen-bond acceptors (Lipinski definition) is 7. The Morgan fingerprint density at radius 1 is 1.32 bits per heavy atom. The lowest BCUT2D eigenvalue weighted by Gasteiger charge is -2.23. The Kier molecular flexibility index (Phi) is 5.64. The molecule has 1 aliphatic heterocycles. The molecule has 0 unspecified atom stereocenters. The summed E-state index contributed by atoms with van der Waals surface area (Å²) in [6.07, 6.45) is 0.322. The van der Waals surface area contributed by atoms with Crippen LogP contribution in [0.15, 0.2) is 24.3 Å². The molecule has 0 spiro atoms. The maximum absolute atomic E-state index is 11.8. The van der Waals surface area contributed by atoms with E-state index in [2.05, 4.69) is 5.32 Å². The molecule has 1 atom stereocenters. The first-order chi connectivity index (χ1) is 11.7. The molecule has 1 aromatic rings. The van der Waals surface area contributed by atoms with Gasteiger partial charge in [-0.3, -0.25) is 4.79 Å². The monoisotopic (exact) mass is 366 g/mol. The van der Waals surface area contributed by atoms with Crippen LogP contribution in [0.2, 0.25) is 0 Å². The fraction of sp³-hybridized carbons (Fsp3) is 0.438. The van der Waals surface area contributed by atoms with E-state index in [9.17, 15) is 18.0 Å². The Labute approximate surface area is 145 Å². The summed E-state index contributed by atoms with van der Waals surface area (Å²) in [5.41, 5.74) is -0.562. The fourth-order valence-electron chi connectivity index (χ4n) is 2.49. The summed E-state index contributed by atoms with van der Waals surface area (Å²) < 4.78 is 33.0. The minimum Gasteiger partial charge on any atom is -0.481 e. The number of benzene rings is 1. The number of nitriles is 1. The van der Waals surface area contributed by atoms with Gasteiger partial charge in [0.15, 0.2) is 23.1 Å². The van der Waals surface area contributed by atoms with Gasteiger partial charge in [0.2, 0.25) is 0 Å². The average molecular weight is 366 g/mol. The van der Waals surface area contributed by atoms with Crippen LogP contribution in [0.4, 0.5) is 0 Å². The van der Waals surface area contributed by atoms with Crippen molar-refractivity contribution in [2.24, 2.45) is 0 Å². The molecule has 1 N–H and O–H groups in total. The fourth-order valence-corrected chi connectivity index (χ4v) is 4.58. The number of nitrogens with zero attached hydrogens (tertiary/aromatic N) is 1. The van der Waals surface area contributed by atoms with Gasteiger partial charge in [0, 0.05) is 0 Å². The first kappa shape index (κ1) is 18.7. The highest BCUT2D eigenvalue weighted by molar-refractivity contribution is 7.91. The molecule has 1 saturated heterocycles. The number of hydrogen-bond donors (Lipinski definition) is 1. The number of carbonyl (C=O) groups excluding carboxylic acids is 2. The van der Waals surface area contributed by atoms with Gasteiger partial charge in [-0.1, -0.05) is 12.1 Å². The van der Waals surface area contributed by atoms with Crippen LogP contribution in [0, 0.1) is 11.3 Å². The average Bonchev–Trinajstić information content (AvgIpc) is 2.84. The van der Waals surface area contributed by atoms with Crippen LogP contribution >= 0.6 is 0 Å². The Morgan fingerprint density at radius 2 is 2.04 bits per heavy atom. The molecule has 0 radical (unpaired) electrons. The van der Waals surface area contributed by atoms with Crippen LogP contribution in [0.3, 0.4) is 0 Å². The van der Waals surface area contributed by atoms with Gasteiger partial charge in [-0.2, -0.15) is 5.26 Å². The zero-order valence-corrected chi connectivity index (χ0v) is 14.5. The number of rotatable bonds is 6. The van der Waals surface area contributed by atoms with Crippen molar-refractivity contribution in [3.8, 4) is 11.8 Å². The predicted octanol–water partition coefficient (Wildman–Crippen LogP) is 0.174. The summed E-state index contributed by atoms with van der Waals surface area (Å²) in [6.45, 7) is 0.661. The van der Waals surface area contributed by atoms with E-state index in [1.54, 1.807) is 31.2 Å². The SMILES string of the molecule is C[C@]1(NC(=O)COC(=O)COc2ccccc2C#N)CCS(=O)(=O)C1. The highest BCUT2D eigenvalue weighted by Crippen LogP contribution is 2.22. The minimum absolute atomic E-state index is 0.0235. The number of para-hydroxylation sites is 1. The van der Waals surface area contributed by atoms with Gasteiger partial charge >= 0.3 is 5.97 Å². The number of esters is 1. The molecule has 0 bridgehead atoms. The summed E-state index contributed by atoms with van der Waals surface area (Å²) in [5, 5.41) is 11.5. The van der Waals surface area contributed by atoms with E-state index in [-0.39, 0.29) is 22.8 Å². The molecule has 9 heteroatoms. The Hall–Kier alpha value is -2.60. The summed E-state index contributed by atoms with van der Waals surface area (Å²) in [6, 6.07) is 8.34. The molecule has 0 saturated carbocycles. The van der Waals surface area contributed by atoms with Gasteiger partial charge in [-0.15, -0.1) is 0 Å². The van der Waals surface area contributed by atoms with E-state index in [4.69, 9.17) is 14.7 Å². The standard InChI is InChI=1S/C16H18N2O6S/c1-16(6-7-25(21,22)11-16)18-14(19)9-24-15(20)10-23-13-5-3-2-4-12(13)8-17/h2-5H,6-7,9-11H2,1H3,(H,18,19)/t16-/m0/s1. The quantitative estimate of drug-likeness (QED) is 0.712. The molecule has 0 aliphatic carbocycles. The lowest BCUT2D eigenvalue weighted by Crippen LogP contribution is -2.48. The molecule has 25 heavy (non-hydrogen) atoms. The van der Waals surface area contributed by atoms with E-state index in [1.807, 2.05) is 6.07 Å². The van der Waals surface area contributed by atoms with Crippen molar-refractivity contribution in [3.63, 3.8) is 0 Å². The van der Waals surface area contributed by atoms with E-state index in [0.717, 1.165) is 0 Å². The summed E-state index contributed by atoms with van der Waals surface area (Å²) in [4.78, 5) is 23.5. The molecule has 1 heterocycles. The lowest BCUT2D eigenvalue weighted by molar-refractivity contribution is -0.150. The molecular formula is C16H18N2O6S. The second kappa shape index (κ2) is 7.53. The maximum atomic E-state index is 11.8. The number of sulfone groups is 1. The van der Waals surface area contributed by atoms with Crippen LogP contribution in [0.5, 0.6) is 5.75 Å². The van der Waals surface area contributed by atoms with Crippen LogP contribution in [0.25, 0.3) is 0 Å². The predicted molar refractivity (Wildman–Crippen MR) is 87.4 cm³/mol. The summed E-state index contributed by atoms with van der Waals surface area (Å²) in [5.74, 6) is -1.21. The van der Waals surface area contributed by atoms with Crippen molar-refractivity contribution in [1.29, 1.82) is 5.26 Å². The van der Waals surface area contributed by atoms with Gasteiger partial charge in [0.1, 0.15) is 11.8 Å². The van der Waals surface area contributed by atoms with Crippen molar-refractivity contribution in [1.82, 2.24) is 5.32 Å². The van der Waals surface area contributed by atoms with Crippen molar-refractivity contribution in [3.05, 3.63) is 29.8 Å². The van der Waals surface area contributed by atoms with Gasteiger partial charge < -0.3 is 14.8 Å². The highest BCUT2D eigenvalue weighted by atomic mass is 32.2. The van der Waals surface area contributed by atoms with E-state index in [1.165, 1.54) is 0 Å². The highest BCUT2D eigenvalue weighted by Gasteiger charge is 2.39. The molecule has 0 aromatic heterocycles. The molecule has 1 fully saturated rings. The first-order valence-corrected chi connectivity index (χ1v) is 9.34. The third-order valence-corrected chi connectivity index (χ3v) is 5.56. The van der Waals surface area contributed by atoms with Gasteiger partial charge in [-0.05, 0) is 25.5 Å². The number of nitrogens with one attached hydrogen (secondary N) is 1. The third kappa shape index (κ3) is 5.46. The number of amides is 1. The molecule has 8 nitrogen and oxygen atoms in total. The van der Waals surface area contributed by atoms with Crippen LogP contribution in [-0.2, 0) is 24.2 Å². The second-order valence-electron chi connectivity index (χ2n) is 6.01. The molecular weight excluding hydrogens is 348 g/mol. The van der Waals surface area contributed by atoms with Crippen LogP contribution in [-0.4, -0.2) is 50.6 Å². The lowest BCUT2D eigenvalue weighted by atomic mass is 10.0. The second-order valence-corrected chi connectivity index (χ2v) is 8.19. The van der Waals surface area contributed by atoms with E-state index in [0.29, 0.717) is 6.42 Å². The molecule has 1 aromatic carbocycles. The normalized spacial score (nSPS) is 21.1. The Balaban J connectivity index is 1.76. The van der Waals surface area contributed by atoms with Crippen molar-refractivity contribution >= 4 is 21.7 Å². The minimum atomic E-state index is -3.15. The Bertz CT molecular complexity index is 814. The van der Waals surface area contributed by atoms with Crippen molar-refractivity contribution in [2.45, 2.75) is 18.9 Å². The first-order valence-electron chi connectivity index (χ1n) is 7.52. The molecule has 2 rings (SSSR count). The van der Waals surface area contributed by atoms with E-state index < -0.39 is 40.5 Å². The largest absolute Gasteiger partial charge is 0.481 e. The maximum Gasteiger partial charge on any atom is 0.344 e. The van der Waals surface area contributed by atoms with Crippen LogP contribution < -0.4 is 10.1 Å². The smallest absolute Gasteiger partial charge is 0.344 e. The number of carbonyl (C=O) groups is 2. The summed E-state index contributed by atoms with van der Waals surface area (Å²) in [7, 11) is -3.15. The summed E-state index contributed by atoms with van der Waals surface area (Å²) >= 11 is 0. The van der Waals surface area contributed by atoms with Gasteiger partial charge in [-0.25, -0.2) is 13.2 Å². The zero-order chi connectivity index (χ0) is 18.5.